The number of amides is 1. The molecular formula is C13H11F2N3O. The zero-order valence-electron chi connectivity index (χ0n) is 10.2. The number of nitrogens with one attached hydrogen (secondary N) is 1. The van der Waals surface area contributed by atoms with E-state index in [-0.39, 0.29) is 6.54 Å². The number of halogens is 2. The molecule has 1 N–H and O–H groups in total. The van der Waals surface area contributed by atoms with Crippen LogP contribution < -0.4 is 5.32 Å². The molecule has 0 bridgehead atoms. The van der Waals surface area contributed by atoms with Crippen molar-refractivity contribution in [1.29, 1.82) is 0 Å². The third kappa shape index (κ3) is 3.09. The fraction of sp³-hybridized carbons (Fsp3) is 0.154. The molecule has 0 saturated carbocycles. The monoisotopic (exact) mass is 263 g/mol. The standard InChI is InChI=1S/C13H11F2N3O/c1-8-5-9(18-7-17-8)6-16-13(19)12-10(14)3-2-4-11(12)15/h2-5,7H,6H2,1H3,(H,16,19). The number of benzene rings is 1. The minimum atomic E-state index is -0.892. The third-order valence-corrected chi connectivity index (χ3v) is 2.48. The minimum absolute atomic E-state index is 0.0793. The summed E-state index contributed by atoms with van der Waals surface area (Å²) in [6.45, 7) is 1.86. The maximum absolute atomic E-state index is 13.4. The van der Waals surface area contributed by atoms with E-state index in [9.17, 15) is 13.6 Å². The van der Waals surface area contributed by atoms with Crippen molar-refractivity contribution in [3.05, 3.63) is 59.2 Å². The van der Waals surface area contributed by atoms with Gasteiger partial charge in [-0.1, -0.05) is 6.07 Å². The summed E-state index contributed by atoms with van der Waals surface area (Å²) in [5.74, 6) is -2.60. The summed E-state index contributed by atoms with van der Waals surface area (Å²) >= 11 is 0. The zero-order valence-corrected chi connectivity index (χ0v) is 10.2. The molecule has 1 amide bonds. The van der Waals surface area contributed by atoms with Crippen LogP contribution in [0.15, 0.2) is 30.6 Å². The fourth-order valence-corrected chi connectivity index (χ4v) is 1.58. The highest BCUT2D eigenvalue weighted by Crippen LogP contribution is 2.11. The normalized spacial score (nSPS) is 10.3. The van der Waals surface area contributed by atoms with Crippen LogP contribution in [-0.4, -0.2) is 15.9 Å². The van der Waals surface area contributed by atoms with Crippen molar-refractivity contribution in [2.24, 2.45) is 0 Å². The average molecular weight is 263 g/mol. The Morgan fingerprint density at radius 3 is 2.58 bits per heavy atom. The van der Waals surface area contributed by atoms with E-state index < -0.39 is 23.1 Å². The van der Waals surface area contributed by atoms with Crippen LogP contribution in [0.25, 0.3) is 0 Å². The van der Waals surface area contributed by atoms with Crippen LogP contribution in [-0.2, 0) is 6.54 Å². The minimum Gasteiger partial charge on any atom is -0.346 e. The van der Waals surface area contributed by atoms with Gasteiger partial charge in [-0.2, -0.15) is 0 Å². The molecular weight excluding hydrogens is 252 g/mol. The Labute approximate surface area is 108 Å². The van der Waals surface area contributed by atoms with Crippen molar-refractivity contribution in [2.45, 2.75) is 13.5 Å². The van der Waals surface area contributed by atoms with Crippen molar-refractivity contribution in [1.82, 2.24) is 15.3 Å². The number of hydrogen-bond donors (Lipinski definition) is 1. The predicted molar refractivity (Wildman–Crippen MR) is 64.3 cm³/mol. The van der Waals surface area contributed by atoms with E-state index in [0.29, 0.717) is 5.69 Å². The first-order chi connectivity index (χ1) is 9.08. The molecule has 0 aliphatic carbocycles. The largest absolute Gasteiger partial charge is 0.346 e. The molecule has 19 heavy (non-hydrogen) atoms. The number of rotatable bonds is 3. The molecule has 6 heteroatoms. The molecule has 0 atom stereocenters. The fourth-order valence-electron chi connectivity index (χ4n) is 1.58. The maximum atomic E-state index is 13.4. The van der Waals surface area contributed by atoms with Crippen LogP contribution in [0.5, 0.6) is 0 Å². The van der Waals surface area contributed by atoms with E-state index in [1.165, 1.54) is 12.4 Å². The van der Waals surface area contributed by atoms with Crippen LogP contribution in [0.1, 0.15) is 21.7 Å². The van der Waals surface area contributed by atoms with E-state index >= 15 is 0 Å². The first-order valence-electron chi connectivity index (χ1n) is 5.57. The summed E-state index contributed by atoms with van der Waals surface area (Å²) in [6, 6.07) is 4.95. The van der Waals surface area contributed by atoms with Gasteiger partial charge in [-0.3, -0.25) is 4.79 Å². The number of carbonyl (C=O) groups is 1. The molecule has 2 rings (SSSR count). The summed E-state index contributed by atoms with van der Waals surface area (Å²) in [5, 5.41) is 2.41. The van der Waals surface area contributed by atoms with Gasteiger partial charge in [0.2, 0.25) is 0 Å². The van der Waals surface area contributed by atoms with E-state index in [0.717, 1.165) is 17.8 Å². The maximum Gasteiger partial charge on any atom is 0.257 e. The number of aromatic nitrogens is 2. The molecule has 98 valence electrons. The number of aryl methyl sites for hydroxylation is 1. The average Bonchev–Trinajstić information content (AvgIpc) is 2.36. The molecule has 0 fully saturated rings. The molecule has 1 heterocycles. The van der Waals surface area contributed by atoms with Crippen LogP contribution in [0, 0.1) is 18.6 Å². The lowest BCUT2D eigenvalue weighted by molar-refractivity contribution is 0.0942. The molecule has 0 aliphatic heterocycles. The molecule has 0 unspecified atom stereocenters. The van der Waals surface area contributed by atoms with E-state index in [4.69, 9.17) is 0 Å². The Kier molecular flexibility index (Phi) is 3.79. The van der Waals surface area contributed by atoms with Crippen LogP contribution in [0.2, 0.25) is 0 Å². The van der Waals surface area contributed by atoms with Gasteiger partial charge in [0.05, 0.1) is 12.2 Å². The summed E-state index contributed by atoms with van der Waals surface area (Å²) in [5.41, 5.74) is 0.724. The topological polar surface area (TPSA) is 54.9 Å². The smallest absolute Gasteiger partial charge is 0.257 e. The Morgan fingerprint density at radius 2 is 1.95 bits per heavy atom. The van der Waals surface area contributed by atoms with Crippen LogP contribution in [0.4, 0.5) is 8.78 Å². The van der Waals surface area contributed by atoms with Crippen molar-refractivity contribution < 1.29 is 13.6 Å². The lowest BCUT2D eigenvalue weighted by Crippen LogP contribution is -2.25. The first-order valence-corrected chi connectivity index (χ1v) is 5.57. The van der Waals surface area contributed by atoms with E-state index in [2.05, 4.69) is 15.3 Å². The number of carbonyl (C=O) groups excluding carboxylic acids is 1. The summed E-state index contributed by atoms with van der Waals surface area (Å²) in [7, 11) is 0. The van der Waals surface area contributed by atoms with Crippen molar-refractivity contribution >= 4 is 5.91 Å². The van der Waals surface area contributed by atoms with E-state index in [1.807, 2.05) is 0 Å². The van der Waals surface area contributed by atoms with Gasteiger partial charge in [0.25, 0.3) is 5.91 Å². The van der Waals surface area contributed by atoms with Gasteiger partial charge in [0.15, 0.2) is 0 Å². The molecule has 4 nitrogen and oxygen atoms in total. The number of nitrogens with zero attached hydrogens (tertiary/aromatic N) is 2. The molecule has 1 aromatic heterocycles. The van der Waals surface area contributed by atoms with E-state index in [1.54, 1.807) is 13.0 Å². The Morgan fingerprint density at radius 1 is 1.26 bits per heavy atom. The van der Waals surface area contributed by atoms with Gasteiger partial charge < -0.3 is 5.32 Å². The van der Waals surface area contributed by atoms with Gasteiger partial charge in [0, 0.05) is 5.69 Å². The highest BCUT2D eigenvalue weighted by molar-refractivity contribution is 5.94. The lowest BCUT2D eigenvalue weighted by atomic mass is 10.2. The summed E-state index contributed by atoms with van der Waals surface area (Å²) in [6.07, 6.45) is 1.36. The van der Waals surface area contributed by atoms with Crippen LogP contribution >= 0.6 is 0 Å². The highest BCUT2D eigenvalue weighted by atomic mass is 19.1. The molecule has 2 aromatic rings. The molecule has 0 spiro atoms. The molecule has 0 saturated heterocycles. The van der Waals surface area contributed by atoms with Gasteiger partial charge >= 0.3 is 0 Å². The van der Waals surface area contributed by atoms with Gasteiger partial charge in [-0.05, 0) is 25.1 Å². The van der Waals surface area contributed by atoms with Gasteiger partial charge in [0.1, 0.15) is 23.5 Å². The molecule has 0 aliphatic rings. The lowest BCUT2D eigenvalue weighted by Gasteiger charge is -2.06. The second kappa shape index (κ2) is 5.51. The van der Waals surface area contributed by atoms with Crippen molar-refractivity contribution in [2.75, 3.05) is 0 Å². The Balaban J connectivity index is 2.10. The molecule has 1 aromatic carbocycles. The SMILES string of the molecule is Cc1cc(CNC(=O)c2c(F)cccc2F)ncn1. The Bertz CT molecular complexity index is 596. The highest BCUT2D eigenvalue weighted by Gasteiger charge is 2.16. The van der Waals surface area contributed by atoms with Crippen molar-refractivity contribution in [3.63, 3.8) is 0 Å². The predicted octanol–water partition coefficient (Wildman–Crippen LogP) is 1.99. The summed E-state index contributed by atoms with van der Waals surface area (Å²) in [4.78, 5) is 19.6. The van der Waals surface area contributed by atoms with Gasteiger partial charge in [-0.25, -0.2) is 18.7 Å². The Hall–Kier alpha value is -2.37. The second-order valence-corrected chi connectivity index (χ2v) is 3.93. The second-order valence-electron chi connectivity index (χ2n) is 3.93. The van der Waals surface area contributed by atoms with Crippen LogP contribution in [0.3, 0.4) is 0 Å². The first kappa shape index (κ1) is 13.1. The third-order valence-electron chi connectivity index (χ3n) is 2.48. The van der Waals surface area contributed by atoms with Gasteiger partial charge in [-0.15, -0.1) is 0 Å². The quantitative estimate of drug-likeness (QED) is 0.921. The molecule has 0 radical (unpaired) electrons. The zero-order chi connectivity index (χ0) is 13.8. The summed E-state index contributed by atoms with van der Waals surface area (Å²) < 4.78 is 26.7. The number of hydrogen-bond acceptors (Lipinski definition) is 3. The van der Waals surface area contributed by atoms with Crippen molar-refractivity contribution in [3.8, 4) is 0 Å².